The van der Waals surface area contributed by atoms with E-state index >= 15 is 0 Å². The standard InChI is InChI=1S/C9H13NOS3/c1-4-13-9-8(12-3)6(10)7(14-9)5(2)11/h4,10H2,1-3H3. The van der Waals surface area contributed by atoms with Crippen LogP contribution in [0.3, 0.4) is 0 Å². The molecule has 14 heavy (non-hydrogen) atoms. The molecule has 2 N–H and O–H groups in total. The second-order valence-electron chi connectivity index (χ2n) is 2.65. The molecule has 0 aliphatic carbocycles. The number of carbonyl (C=O) groups is 1. The van der Waals surface area contributed by atoms with E-state index in [0.717, 1.165) is 10.6 Å². The third kappa shape index (κ3) is 2.27. The lowest BCUT2D eigenvalue weighted by Gasteiger charge is -1.98. The molecule has 0 aliphatic heterocycles. The van der Waals surface area contributed by atoms with Gasteiger partial charge in [0, 0.05) is 6.92 Å². The van der Waals surface area contributed by atoms with Gasteiger partial charge in [0.25, 0.3) is 0 Å². The summed E-state index contributed by atoms with van der Waals surface area (Å²) >= 11 is 4.87. The highest BCUT2D eigenvalue weighted by Gasteiger charge is 2.17. The summed E-state index contributed by atoms with van der Waals surface area (Å²) in [5, 5.41) is 0. The molecule has 0 saturated heterocycles. The van der Waals surface area contributed by atoms with E-state index in [2.05, 4.69) is 6.92 Å². The molecule has 0 saturated carbocycles. The first kappa shape index (κ1) is 11.9. The van der Waals surface area contributed by atoms with Gasteiger partial charge in [-0.25, -0.2) is 0 Å². The van der Waals surface area contributed by atoms with Crippen LogP contribution in [0.25, 0.3) is 0 Å². The summed E-state index contributed by atoms with van der Waals surface area (Å²) < 4.78 is 1.17. The molecule has 0 unspecified atom stereocenters. The molecule has 1 aromatic heterocycles. The molecule has 0 amide bonds. The highest BCUT2D eigenvalue weighted by Crippen LogP contribution is 2.43. The second kappa shape index (κ2) is 5.09. The predicted molar refractivity (Wildman–Crippen MR) is 66.9 cm³/mol. The van der Waals surface area contributed by atoms with Gasteiger partial charge >= 0.3 is 0 Å². The van der Waals surface area contributed by atoms with Crippen molar-refractivity contribution in [2.75, 3.05) is 17.7 Å². The number of anilines is 1. The van der Waals surface area contributed by atoms with Crippen molar-refractivity contribution in [1.29, 1.82) is 0 Å². The van der Waals surface area contributed by atoms with Crippen LogP contribution in [0.4, 0.5) is 5.69 Å². The lowest BCUT2D eigenvalue weighted by molar-refractivity contribution is 0.102. The van der Waals surface area contributed by atoms with Crippen LogP contribution in [0, 0.1) is 0 Å². The Bertz CT molecular complexity index is 346. The van der Waals surface area contributed by atoms with Crippen LogP contribution in [-0.2, 0) is 0 Å². The van der Waals surface area contributed by atoms with Gasteiger partial charge in [-0.2, -0.15) is 0 Å². The van der Waals surface area contributed by atoms with Crippen molar-refractivity contribution >= 4 is 46.3 Å². The average Bonchev–Trinajstić information content (AvgIpc) is 2.43. The molecule has 1 heterocycles. The number of carbonyl (C=O) groups excluding carboxylic acids is 1. The number of thiophene rings is 1. The highest BCUT2D eigenvalue weighted by molar-refractivity contribution is 8.03. The quantitative estimate of drug-likeness (QED) is 0.654. The number of Topliss-reactive ketones (excluding diaryl/α,β-unsaturated/α-hetero) is 1. The Labute approximate surface area is 96.6 Å². The molecule has 0 aliphatic rings. The maximum Gasteiger partial charge on any atom is 0.171 e. The molecule has 0 bridgehead atoms. The topological polar surface area (TPSA) is 43.1 Å². The Kier molecular flexibility index (Phi) is 4.34. The molecule has 0 aromatic carbocycles. The van der Waals surface area contributed by atoms with Crippen molar-refractivity contribution in [3.8, 4) is 0 Å². The van der Waals surface area contributed by atoms with Crippen molar-refractivity contribution in [1.82, 2.24) is 0 Å². The van der Waals surface area contributed by atoms with E-state index in [-0.39, 0.29) is 5.78 Å². The van der Waals surface area contributed by atoms with Gasteiger partial charge in [0.1, 0.15) is 0 Å². The van der Waals surface area contributed by atoms with Crippen LogP contribution < -0.4 is 5.73 Å². The minimum atomic E-state index is 0.0609. The zero-order chi connectivity index (χ0) is 10.7. The normalized spacial score (nSPS) is 10.5. The lowest BCUT2D eigenvalue weighted by Crippen LogP contribution is -1.94. The molecule has 0 spiro atoms. The van der Waals surface area contributed by atoms with Crippen molar-refractivity contribution in [2.45, 2.75) is 23.0 Å². The summed E-state index contributed by atoms with van der Waals surface area (Å²) in [5.41, 5.74) is 6.56. The van der Waals surface area contributed by atoms with E-state index in [4.69, 9.17) is 5.73 Å². The minimum absolute atomic E-state index is 0.0609. The van der Waals surface area contributed by atoms with Crippen LogP contribution in [-0.4, -0.2) is 17.8 Å². The summed E-state index contributed by atoms with van der Waals surface area (Å²) in [6.07, 6.45) is 1.99. The zero-order valence-corrected chi connectivity index (χ0v) is 10.9. The predicted octanol–water partition coefficient (Wildman–Crippen LogP) is 3.37. The molecule has 0 radical (unpaired) electrons. The number of hydrogen-bond donors (Lipinski definition) is 1. The third-order valence-corrected chi connectivity index (χ3v) is 5.22. The molecular formula is C9H13NOS3. The van der Waals surface area contributed by atoms with Gasteiger partial charge < -0.3 is 5.73 Å². The molecule has 1 aromatic rings. The molecular weight excluding hydrogens is 234 g/mol. The van der Waals surface area contributed by atoms with E-state index in [1.807, 2.05) is 6.26 Å². The van der Waals surface area contributed by atoms with E-state index in [9.17, 15) is 4.79 Å². The number of nitrogens with two attached hydrogens (primary N) is 1. The van der Waals surface area contributed by atoms with Gasteiger partial charge in [-0.15, -0.1) is 34.9 Å². The smallest absolute Gasteiger partial charge is 0.171 e. The Morgan fingerprint density at radius 1 is 1.57 bits per heavy atom. The van der Waals surface area contributed by atoms with Crippen LogP contribution >= 0.6 is 34.9 Å². The van der Waals surface area contributed by atoms with Gasteiger partial charge in [0.05, 0.1) is 19.7 Å². The first-order valence-electron chi connectivity index (χ1n) is 4.21. The van der Waals surface area contributed by atoms with Crippen LogP contribution in [0.15, 0.2) is 9.10 Å². The number of ketones is 1. The summed E-state index contributed by atoms with van der Waals surface area (Å²) in [5.74, 6) is 1.07. The SMILES string of the molecule is CCSc1sc(C(C)=O)c(N)c1SC. The van der Waals surface area contributed by atoms with Gasteiger partial charge in [-0.3, -0.25) is 4.79 Å². The number of thioether (sulfide) groups is 2. The van der Waals surface area contributed by atoms with Gasteiger partial charge in [0.2, 0.25) is 0 Å². The van der Waals surface area contributed by atoms with Crippen molar-refractivity contribution in [3.05, 3.63) is 4.88 Å². The molecule has 0 atom stereocenters. The van der Waals surface area contributed by atoms with E-state index < -0.39 is 0 Å². The molecule has 2 nitrogen and oxygen atoms in total. The van der Waals surface area contributed by atoms with Gasteiger partial charge in [-0.05, 0) is 12.0 Å². The largest absolute Gasteiger partial charge is 0.397 e. The molecule has 0 fully saturated rings. The van der Waals surface area contributed by atoms with Crippen LogP contribution in [0.5, 0.6) is 0 Å². The van der Waals surface area contributed by atoms with Crippen molar-refractivity contribution in [3.63, 3.8) is 0 Å². The first-order valence-corrected chi connectivity index (χ1v) is 7.24. The third-order valence-electron chi connectivity index (χ3n) is 1.67. The highest BCUT2D eigenvalue weighted by atomic mass is 32.2. The monoisotopic (exact) mass is 247 g/mol. The van der Waals surface area contributed by atoms with Crippen molar-refractivity contribution < 1.29 is 4.79 Å². The fourth-order valence-electron chi connectivity index (χ4n) is 1.09. The van der Waals surface area contributed by atoms with Crippen LogP contribution in [0.2, 0.25) is 0 Å². The Morgan fingerprint density at radius 2 is 2.21 bits per heavy atom. The average molecular weight is 247 g/mol. The number of hydrogen-bond acceptors (Lipinski definition) is 5. The fourth-order valence-corrected chi connectivity index (χ4v) is 4.53. The molecule has 78 valence electrons. The molecule has 1 rings (SSSR count). The Balaban J connectivity index is 3.17. The van der Waals surface area contributed by atoms with Crippen LogP contribution in [0.1, 0.15) is 23.5 Å². The summed E-state index contributed by atoms with van der Waals surface area (Å²) in [6.45, 7) is 3.66. The fraction of sp³-hybridized carbons (Fsp3) is 0.444. The Hall–Kier alpha value is -0.130. The zero-order valence-electron chi connectivity index (χ0n) is 8.42. The second-order valence-corrected chi connectivity index (χ2v) is 6.02. The summed E-state index contributed by atoms with van der Waals surface area (Å²) in [6, 6.07) is 0. The van der Waals surface area contributed by atoms with Gasteiger partial charge in [0.15, 0.2) is 5.78 Å². The van der Waals surface area contributed by atoms with E-state index in [0.29, 0.717) is 10.6 Å². The van der Waals surface area contributed by atoms with E-state index in [1.54, 1.807) is 30.4 Å². The number of rotatable bonds is 4. The number of nitrogen functional groups attached to an aromatic ring is 1. The first-order chi connectivity index (χ1) is 6.61. The summed E-state index contributed by atoms with van der Waals surface area (Å²) in [4.78, 5) is 13.0. The maximum absolute atomic E-state index is 11.3. The summed E-state index contributed by atoms with van der Waals surface area (Å²) in [7, 11) is 0. The van der Waals surface area contributed by atoms with Gasteiger partial charge in [-0.1, -0.05) is 6.92 Å². The molecule has 5 heteroatoms. The van der Waals surface area contributed by atoms with Crippen molar-refractivity contribution in [2.24, 2.45) is 0 Å². The lowest BCUT2D eigenvalue weighted by atomic mass is 10.3. The Morgan fingerprint density at radius 3 is 2.64 bits per heavy atom. The maximum atomic E-state index is 11.3. The van der Waals surface area contributed by atoms with E-state index in [1.165, 1.54) is 15.5 Å². The minimum Gasteiger partial charge on any atom is -0.397 e.